The summed E-state index contributed by atoms with van der Waals surface area (Å²) < 4.78 is 0. The maximum absolute atomic E-state index is 11.9. The van der Waals surface area contributed by atoms with Crippen LogP contribution >= 0.6 is 7.92 Å². The largest absolute Gasteiger partial charge is 0.507 e. The van der Waals surface area contributed by atoms with Crippen LogP contribution in [0.3, 0.4) is 0 Å². The topological polar surface area (TPSA) is 40.5 Å². The van der Waals surface area contributed by atoms with Crippen molar-refractivity contribution in [1.82, 2.24) is 0 Å². The third kappa shape index (κ3) is 7.91. The van der Waals surface area contributed by atoms with E-state index in [0.717, 1.165) is 98.8 Å². The predicted octanol–water partition coefficient (Wildman–Crippen LogP) is 9.15. The quantitative estimate of drug-likeness (QED) is 0.182. The fraction of sp³-hybridized carbons (Fsp3) is 0.514. The van der Waals surface area contributed by atoms with Crippen LogP contribution in [0.2, 0.25) is 0 Å². The highest BCUT2D eigenvalue weighted by Crippen LogP contribution is 2.44. The molecule has 40 heavy (non-hydrogen) atoms. The molecule has 0 bridgehead atoms. The van der Waals surface area contributed by atoms with Crippen molar-refractivity contribution in [3.05, 3.63) is 75.3 Å². The van der Waals surface area contributed by atoms with Crippen LogP contribution in [0.4, 0.5) is 0 Å². The van der Waals surface area contributed by atoms with Gasteiger partial charge in [-0.3, -0.25) is 0 Å². The molecule has 0 aliphatic heterocycles. The van der Waals surface area contributed by atoms with Gasteiger partial charge in [0.2, 0.25) is 0 Å². The van der Waals surface area contributed by atoms with Gasteiger partial charge in [0.1, 0.15) is 11.5 Å². The number of aryl methyl sites for hydroxylation is 7. The van der Waals surface area contributed by atoms with Crippen LogP contribution in [0.15, 0.2) is 36.4 Å². The molecule has 3 rings (SSSR count). The molecular weight excluding hydrogens is 507 g/mol. The Hall–Kier alpha value is -2.31. The summed E-state index contributed by atoms with van der Waals surface area (Å²) in [6, 6.07) is 13.6. The van der Waals surface area contributed by atoms with E-state index in [4.69, 9.17) is 0 Å². The van der Waals surface area contributed by atoms with E-state index in [2.05, 4.69) is 84.9 Å². The van der Waals surface area contributed by atoms with Crippen LogP contribution < -0.4 is 15.9 Å². The zero-order chi connectivity index (χ0) is 29.2. The molecule has 3 heteroatoms. The highest BCUT2D eigenvalue weighted by molar-refractivity contribution is 7.80. The molecule has 2 nitrogen and oxygen atoms in total. The Morgan fingerprint density at radius 1 is 0.525 bits per heavy atom. The van der Waals surface area contributed by atoms with Crippen molar-refractivity contribution in [3.8, 4) is 11.5 Å². The number of unbranched alkanes of at least 4 members (excludes halogenated alkanes) is 4. The molecule has 0 saturated heterocycles. The SMILES string of the molecule is CCCCc1cc(CCCC)c(O)c(P(c2cc(CCCC)cc(CCCC)c2O)c2c(C)cc(C)cc2C)c1. The summed E-state index contributed by atoms with van der Waals surface area (Å²) in [6.07, 6.45) is 12.7. The third-order valence-electron chi connectivity index (χ3n) is 8.04. The van der Waals surface area contributed by atoms with Gasteiger partial charge in [-0.15, -0.1) is 0 Å². The van der Waals surface area contributed by atoms with Crippen molar-refractivity contribution in [2.45, 2.75) is 126 Å². The number of phenolic OH excluding ortho intramolecular Hbond substituents is 2. The Kier molecular flexibility index (Phi) is 12.6. The van der Waals surface area contributed by atoms with Crippen molar-refractivity contribution >= 4 is 23.8 Å². The zero-order valence-electron chi connectivity index (χ0n) is 26.3. The van der Waals surface area contributed by atoms with E-state index < -0.39 is 7.92 Å². The highest BCUT2D eigenvalue weighted by atomic mass is 31.1. The van der Waals surface area contributed by atoms with Gasteiger partial charge in [-0.2, -0.15) is 0 Å². The van der Waals surface area contributed by atoms with E-state index in [1.54, 1.807) is 0 Å². The van der Waals surface area contributed by atoms with Crippen molar-refractivity contribution < 1.29 is 10.2 Å². The van der Waals surface area contributed by atoms with E-state index in [0.29, 0.717) is 11.5 Å². The molecule has 3 aromatic carbocycles. The smallest absolute Gasteiger partial charge is 0.127 e. The summed E-state index contributed by atoms with van der Waals surface area (Å²) in [5.41, 5.74) is 8.48. The first-order chi connectivity index (χ1) is 19.2. The zero-order valence-corrected chi connectivity index (χ0v) is 27.2. The minimum absolute atomic E-state index is 0.438. The summed E-state index contributed by atoms with van der Waals surface area (Å²) in [7, 11) is -1.17. The Labute approximate surface area is 246 Å². The lowest BCUT2D eigenvalue weighted by Gasteiger charge is -2.28. The Bertz CT molecular complexity index is 1170. The summed E-state index contributed by atoms with van der Waals surface area (Å²) in [6.45, 7) is 15.5. The predicted molar refractivity (Wildman–Crippen MR) is 177 cm³/mol. The molecule has 0 aliphatic rings. The van der Waals surface area contributed by atoms with E-state index in [1.165, 1.54) is 33.1 Å². The molecule has 0 atom stereocenters. The van der Waals surface area contributed by atoms with Crippen LogP contribution in [-0.2, 0) is 25.7 Å². The first-order valence-electron chi connectivity index (χ1n) is 15.8. The lowest BCUT2D eigenvalue weighted by molar-refractivity contribution is 0.470. The van der Waals surface area contributed by atoms with Crippen molar-refractivity contribution in [2.75, 3.05) is 0 Å². The second-order valence-corrected chi connectivity index (χ2v) is 13.8. The molecule has 3 aromatic rings. The van der Waals surface area contributed by atoms with E-state index in [1.807, 2.05) is 0 Å². The number of rotatable bonds is 15. The molecule has 0 radical (unpaired) electrons. The van der Waals surface area contributed by atoms with Gasteiger partial charge in [-0.25, -0.2) is 0 Å². The number of aromatic hydroxyl groups is 2. The summed E-state index contributed by atoms with van der Waals surface area (Å²) in [4.78, 5) is 0. The molecule has 0 aliphatic carbocycles. The Balaban J connectivity index is 2.40. The summed E-state index contributed by atoms with van der Waals surface area (Å²) in [5, 5.41) is 27.2. The lowest BCUT2D eigenvalue weighted by atomic mass is 10.0. The fourth-order valence-electron chi connectivity index (χ4n) is 5.89. The first kappa shape index (κ1) is 32.2. The molecule has 2 N–H and O–H groups in total. The molecule has 0 heterocycles. The van der Waals surface area contributed by atoms with Crippen molar-refractivity contribution in [2.24, 2.45) is 0 Å². The van der Waals surface area contributed by atoms with Crippen LogP contribution in [0.5, 0.6) is 11.5 Å². The number of phenols is 2. The van der Waals surface area contributed by atoms with Gasteiger partial charge >= 0.3 is 0 Å². The molecular formula is C37H53O2P. The minimum atomic E-state index is -1.17. The van der Waals surface area contributed by atoms with Gasteiger partial charge in [-0.05, 0) is 131 Å². The van der Waals surface area contributed by atoms with Crippen LogP contribution in [0, 0.1) is 20.8 Å². The number of hydrogen-bond donors (Lipinski definition) is 2. The summed E-state index contributed by atoms with van der Waals surface area (Å²) in [5.74, 6) is 0.875. The van der Waals surface area contributed by atoms with E-state index in [-0.39, 0.29) is 0 Å². The van der Waals surface area contributed by atoms with Gasteiger partial charge < -0.3 is 10.2 Å². The number of benzene rings is 3. The third-order valence-corrected chi connectivity index (χ3v) is 10.8. The molecule has 0 spiro atoms. The number of hydrogen-bond acceptors (Lipinski definition) is 2. The average Bonchev–Trinajstić information content (AvgIpc) is 2.92. The van der Waals surface area contributed by atoms with Crippen LogP contribution in [0.25, 0.3) is 0 Å². The Morgan fingerprint density at radius 2 is 0.900 bits per heavy atom. The average molecular weight is 561 g/mol. The first-order valence-corrected chi connectivity index (χ1v) is 17.2. The molecule has 218 valence electrons. The van der Waals surface area contributed by atoms with Crippen LogP contribution in [0.1, 0.15) is 118 Å². The monoisotopic (exact) mass is 560 g/mol. The lowest BCUT2D eigenvalue weighted by Crippen LogP contribution is -2.27. The van der Waals surface area contributed by atoms with E-state index in [9.17, 15) is 10.2 Å². The molecule has 0 saturated carbocycles. The second-order valence-electron chi connectivity index (χ2n) is 11.7. The summed E-state index contributed by atoms with van der Waals surface area (Å²) >= 11 is 0. The van der Waals surface area contributed by atoms with Crippen LogP contribution in [-0.4, -0.2) is 10.2 Å². The van der Waals surface area contributed by atoms with Gasteiger partial charge in [0.15, 0.2) is 0 Å². The molecule has 0 unspecified atom stereocenters. The Morgan fingerprint density at radius 3 is 1.27 bits per heavy atom. The van der Waals surface area contributed by atoms with E-state index >= 15 is 0 Å². The van der Waals surface area contributed by atoms with Crippen molar-refractivity contribution in [1.29, 1.82) is 0 Å². The molecule has 0 aromatic heterocycles. The maximum Gasteiger partial charge on any atom is 0.127 e. The normalized spacial score (nSPS) is 11.5. The second kappa shape index (κ2) is 15.6. The fourth-order valence-corrected chi connectivity index (χ4v) is 8.76. The van der Waals surface area contributed by atoms with Gasteiger partial charge in [0, 0.05) is 10.6 Å². The highest BCUT2D eigenvalue weighted by Gasteiger charge is 2.29. The standard InChI is InChI=1S/C37H53O2P/c1-8-12-16-29-22-31(18-14-10-3)35(38)33(24-29)40(37-27(6)20-26(5)21-28(37)7)34-25-30(17-13-9-2)23-32(36(34)39)19-15-11-4/h20-25,38-39H,8-19H2,1-7H3. The van der Waals surface area contributed by atoms with Crippen molar-refractivity contribution in [3.63, 3.8) is 0 Å². The minimum Gasteiger partial charge on any atom is -0.507 e. The van der Waals surface area contributed by atoms with Gasteiger partial charge in [0.25, 0.3) is 0 Å². The van der Waals surface area contributed by atoms with Gasteiger partial charge in [0.05, 0.1) is 0 Å². The molecule has 0 fully saturated rings. The maximum atomic E-state index is 11.9. The van der Waals surface area contributed by atoms with Gasteiger partial charge in [-0.1, -0.05) is 83.2 Å². The molecule has 0 amide bonds.